The summed E-state index contributed by atoms with van der Waals surface area (Å²) in [5, 5.41) is 2.98. The lowest BCUT2D eigenvalue weighted by molar-refractivity contribution is -0.198. The summed E-state index contributed by atoms with van der Waals surface area (Å²) in [5.41, 5.74) is 2.13. The second-order valence-electron chi connectivity index (χ2n) is 2.86. The van der Waals surface area contributed by atoms with Crippen molar-refractivity contribution in [1.29, 1.82) is 0 Å². The molecule has 0 fully saturated rings. The number of aromatic nitrogens is 1. The lowest BCUT2D eigenvalue weighted by Crippen LogP contribution is -2.10. The maximum absolute atomic E-state index is 4.15. The summed E-state index contributed by atoms with van der Waals surface area (Å²) < 4.78 is 3.09. The molecule has 0 aliphatic rings. The van der Waals surface area contributed by atoms with Gasteiger partial charge in [0, 0.05) is 35.3 Å². The Hall–Kier alpha value is -0.440. The van der Waals surface area contributed by atoms with E-state index in [0.29, 0.717) is 0 Å². The fourth-order valence-electron chi connectivity index (χ4n) is 1.10. The zero-order chi connectivity index (χ0) is 12.0. The maximum Gasteiger partial charge on any atom is 0.354 e. The van der Waals surface area contributed by atoms with Crippen LogP contribution in [0.5, 0.6) is 0 Å². The summed E-state index contributed by atoms with van der Waals surface area (Å²) >= 11 is 4.49. The van der Waals surface area contributed by atoms with Crippen molar-refractivity contribution < 1.29 is 2.79 Å². The molecule has 1 aromatic rings. The highest BCUT2D eigenvalue weighted by Gasteiger charge is 2.14. The van der Waals surface area contributed by atoms with E-state index in [-0.39, 0.29) is 0 Å². The van der Waals surface area contributed by atoms with Crippen molar-refractivity contribution >= 4 is 51.2 Å². The Bertz CT molecular complexity index is 439. The number of nitrogens with zero attached hydrogens (tertiary/aromatic N) is 2. The second-order valence-corrected chi connectivity index (χ2v) is 5.06. The Morgan fingerprint density at radius 3 is 2.94 bits per heavy atom. The smallest absolute Gasteiger partial charge is 0.354 e. The third-order valence-electron chi connectivity index (χ3n) is 1.84. The topological polar surface area (TPSA) is 27.9 Å². The van der Waals surface area contributed by atoms with Gasteiger partial charge in [-0.2, -0.15) is 0 Å². The van der Waals surface area contributed by atoms with Crippen LogP contribution in [0, 0.1) is 3.57 Å². The van der Waals surface area contributed by atoms with E-state index in [1.807, 2.05) is 34.4 Å². The van der Waals surface area contributed by atoms with E-state index < -0.39 is 0 Å². The Kier molecular flexibility index (Phi) is 5.96. The average Bonchev–Trinajstić information content (AvgIpc) is 2.31. The van der Waals surface area contributed by atoms with E-state index in [1.54, 1.807) is 12.4 Å². The first-order chi connectivity index (χ1) is 7.70. The Morgan fingerprint density at radius 1 is 1.62 bits per heavy atom. The summed E-state index contributed by atoms with van der Waals surface area (Å²) in [7, 11) is 1.87. The van der Waals surface area contributed by atoms with Crippen LogP contribution < -0.4 is 5.32 Å². The normalized spacial score (nSPS) is 12.4. The van der Waals surface area contributed by atoms with E-state index in [1.165, 1.54) is 0 Å². The predicted octanol–water partition coefficient (Wildman–Crippen LogP) is 2.71. The van der Waals surface area contributed by atoms with Crippen LogP contribution in [-0.2, 0) is 0 Å². The van der Waals surface area contributed by atoms with Crippen molar-refractivity contribution in [3.8, 4) is 0 Å². The van der Waals surface area contributed by atoms with Crippen LogP contribution in [0.3, 0.4) is 0 Å². The quantitative estimate of drug-likeness (QED) is 0.444. The number of halogens is 2. The summed E-state index contributed by atoms with van der Waals surface area (Å²) in [6.07, 6.45) is 9.28. The van der Waals surface area contributed by atoms with Crippen molar-refractivity contribution in [1.82, 2.24) is 10.3 Å². The molecule has 0 saturated carbocycles. The van der Waals surface area contributed by atoms with E-state index in [9.17, 15) is 0 Å². The summed E-state index contributed by atoms with van der Waals surface area (Å²) in [5.74, 6) is 0. The molecule has 0 aromatic carbocycles. The number of pyridine rings is 1. The van der Waals surface area contributed by atoms with Crippen LogP contribution in [0.25, 0.3) is 0 Å². The molecule has 5 heteroatoms. The fraction of sp³-hybridized carbons (Fsp3) is 0.0909. The van der Waals surface area contributed by atoms with Gasteiger partial charge in [0.2, 0.25) is 5.71 Å². The fourth-order valence-corrected chi connectivity index (χ4v) is 2.10. The first-order valence-electron chi connectivity index (χ1n) is 4.59. The van der Waals surface area contributed by atoms with Gasteiger partial charge in [0.1, 0.15) is 0 Å². The molecule has 1 N–H and O–H groups in total. The number of hydrogen-bond acceptors (Lipinski definition) is 2. The van der Waals surface area contributed by atoms with Gasteiger partial charge in [-0.05, 0) is 35.2 Å². The van der Waals surface area contributed by atoms with Gasteiger partial charge in [-0.1, -0.05) is 0 Å². The third kappa shape index (κ3) is 3.55. The highest BCUT2D eigenvalue weighted by atomic mass is 127. The highest BCUT2D eigenvalue weighted by molar-refractivity contribution is 14.1. The molecule has 0 unspecified atom stereocenters. The minimum absolute atomic E-state index is 1.04. The van der Waals surface area contributed by atoms with Gasteiger partial charge in [-0.3, -0.25) is 4.98 Å². The van der Waals surface area contributed by atoms with E-state index in [2.05, 4.69) is 62.3 Å². The van der Waals surface area contributed by atoms with Crippen LogP contribution in [0.2, 0.25) is 0 Å². The predicted molar refractivity (Wildman–Crippen MR) is 83.7 cm³/mol. The maximum atomic E-state index is 4.15. The lowest BCUT2D eigenvalue weighted by atomic mass is 10.2. The Morgan fingerprint density at radius 2 is 2.38 bits per heavy atom. The zero-order valence-electron chi connectivity index (χ0n) is 8.82. The molecule has 0 bridgehead atoms. The lowest BCUT2D eigenvalue weighted by Gasteiger charge is -2.00. The molecule has 0 atom stereocenters. The highest BCUT2D eigenvalue weighted by Crippen LogP contribution is 2.13. The Labute approximate surface area is 123 Å². The zero-order valence-corrected chi connectivity index (χ0v) is 13.1. The molecule has 0 saturated heterocycles. The molecule has 1 heterocycles. The first kappa shape index (κ1) is 13.6. The van der Waals surface area contributed by atoms with Gasteiger partial charge < -0.3 is 5.32 Å². The SMILES string of the molecule is C=C/[N+](I)=C(\C=C/NC)c1cnccc1I. The van der Waals surface area contributed by atoms with Gasteiger partial charge in [0.25, 0.3) is 0 Å². The molecule has 3 nitrogen and oxygen atoms in total. The molecule has 1 rings (SSSR count). The number of nitrogens with one attached hydrogen (secondary N) is 1. The van der Waals surface area contributed by atoms with Crippen LogP contribution in [-0.4, -0.2) is 20.5 Å². The average molecular weight is 440 g/mol. The summed E-state index contributed by atoms with van der Waals surface area (Å²) in [6, 6.07) is 1.98. The van der Waals surface area contributed by atoms with Crippen molar-refractivity contribution in [3.63, 3.8) is 0 Å². The molecule has 84 valence electrons. The van der Waals surface area contributed by atoms with E-state index >= 15 is 0 Å². The van der Waals surface area contributed by atoms with Crippen molar-refractivity contribution in [2.24, 2.45) is 0 Å². The van der Waals surface area contributed by atoms with Gasteiger partial charge in [-0.15, -0.1) is 2.79 Å². The number of rotatable bonds is 4. The van der Waals surface area contributed by atoms with E-state index in [0.717, 1.165) is 14.8 Å². The van der Waals surface area contributed by atoms with Crippen LogP contribution in [0.4, 0.5) is 0 Å². The van der Waals surface area contributed by atoms with E-state index in [4.69, 9.17) is 0 Å². The molecule has 1 aromatic heterocycles. The van der Waals surface area contributed by atoms with Gasteiger partial charge in [0.05, 0.1) is 5.56 Å². The molecule has 0 amide bonds. The van der Waals surface area contributed by atoms with Crippen molar-refractivity contribution in [2.75, 3.05) is 7.05 Å². The van der Waals surface area contributed by atoms with Gasteiger partial charge in [-0.25, -0.2) is 0 Å². The Balaban J connectivity index is 3.28. The minimum Gasteiger partial charge on any atom is -0.394 e. The van der Waals surface area contributed by atoms with Crippen LogP contribution >= 0.6 is 45.5 Å². The molecule has 16 heavy (non-hydrogen) atoms. The summed E-state index contributed by atoms with van der Waals surface area (Å²) in [4.78, 5) is 4.15. The summed E-state index contributed by atoms with van der Waals surface area (Å²) in [6.45, 7) is 3.77. The second kappa shape index (κ2) is 7.00. The van der Waals surface area contributed by atoms with Gasteiger partial charge >= 0.3 is 22.9 Å². The molecule has 0 aliphatic carbocycles. The molecular weight excluding hydrogens is 428 g/mol. The standard InChI is InChI=1S/C11H11I2N3/c1-3-16(13)11(5-6-14-2)9-8-15-7-4-10(9)12/h3-8H,1H2,2H3/p+1. The number of allylic oxidation sites excluding steroid dienone is 1. The van der Waals surface area contributed by atoms with Crippen molar-refractivity contribution in [3.05, 3.63) is 52.6 Å². The van der Waals surface area contributed by atoms with Crippen LogP contribution in [0.15, 0.2) is 43.5 Å². The van der Waals surface area contributed by atoms with Gasteiger partial charge in [0.15, 0.2) is 6.20 Å². The minimum atomic E-state index is 1.04. The van der Waals surface area contributed by atoms with Crippen molar-refractivity contribution in [2.45, 2.75) is 0 Å². The number of hydrogen-bond donors (Lipinski definition) is 1. The molecule has 0 aliphatic heterocycles. The monoisotopic (exact) mass is 440 g/mol. The third-order valence-corrected chi connectivity index (χ3v) is 3.70. The van der Waals surface area contributed by atoms with Crippen LogP contribution in [0.1, 0.15) is 5.56 Å². The largest absolute Gasteiger partial charge is 0.394 e. The molecule has 0 radical (unpaired) electrons. The first-order valence-corrected chi connectivity index (χ1v) is 6.63. The molecule has 0 spiro atoms. The molecular formula is C11H12I2N3+.